The predicted octanol–water partition coefficient (Wildman–Crippen LogP) is 4.23. The number of hydrogen-bond donors (Lipinski definition) is 2. The van der Waals surface area contributed by atoms with Gasteiger partial charge in [-0.15, -0.1) is 12.4 Å². The third-order valence-electron chi connectivity index (χ3n) is 4.28. The summed E-state index contributed by atoms with van der Waals surface area (Å²) in [5.74, 6) is 1.06. The van der Waals surface area contributed by atoms with Crippen LogP contribution < -0.4 is 11.1 Å². The molecule has 23 heavy (non-hydrogen) atoms. The standard InChI is InChI=1S/C17H25BrN2OS.ClH/c1-3-22-15-6-4-5-14(11-15)20-16(21)17(2,19)12-7-9-13(18)10-8-12;/h7-10,14-15H,3-6,11,19H2,1-2H3,(H,20,21);1H. The van der Waals surface area contributed by atoms with Crippen molar-refractivity contribution in [2.45, 2.75) is 56.4 Å². The smallest absolute Gasteiger partial charge is 0.244 e. The Morgan fingerprint density at radius 3 is 2.65 bits per heavy atom. The van der Waals surface area contributed by atoms with Crippen LogP contribution in [0.1, 0.15) is 45.1 Å². The molecular formula is C17H26BrClN2OS. The van der Waals surface area contributed by atoms with Crippen molar-refractivity contribution in [3.05, 3.63) is 34.3 Å². The second-order valence-corrected chi connectivity index (χ2v) is 8.62. The van der Waals surface area contributed by atoms with Crippen LogP contribution in [0.2, 0.25) is 0 Å². The van der Waals surface area contributed by atoms with E-state index in [1.165, 1.54) is 12.8 Å². The molecule has 1 amide bonds. The molecule has 3 nitrogen and oxygen atoms in total. The second-order valence-electron chi connectivity index (χ2n) is 6.12. The molecule has 3 N–H and O–H groups in total. The van der Waals surface area contributed by atoms with E-state index in [0.717, 1.165) is 28.6 Å². The number of thioether (sulfide) groups is 1. The highest BCUT2D eigenvalue weighted by Gasteiger charge is 2.33. The Bertz CT molecular complexity index is 508. The van der Waals surface area contributed by atoms with Crippen molar-refractivity contribution in [1.29, 1.82) is 0 Å². The molecule has 130 valence electrons. The van der Waals surface area contributed by atoms with Crippen molar-refractivity contribution < 1.29 is 4.79 Å². The van der Waals surface area contributed by atoms with Crippen molar-refractivity contribution in [3.63, 3.8) is 0 Å². The van der Waals surface area contributed by atoms with E-state index in [2.05, 4.69) is 28.2 Å². The number of carbonyl (C=O) groups excluding carboxylic acids is 1. The van der Waals surface area contributed by atoms with Gasteiger partial charge in [-0.2, -0.15) is 11.8 Å². The first-order chi connectivity index (χ1) is 10.4. The van der Waals surface area contributed by atoms with Crippen LogP contribution in [0.15, 0.2) is 28.7 Å². The van der Waals surface area contributed by atoms with Crippen molar-refractivity contribution in [2.24, 2.45) is 5.73 Å². The number of benzene rings is 1. The van der Waals surface area contributed by atoms with Crippen molar-refractivity contribution in [1.82, 2.24) is 5.32 Å². The monoisotopic (exact) mass is 420 g/mol. The van der Waals surface area contributed by atoms with E-state index in [4.69, 9.17) is 5.73 Å². The van der Waals surface area contributed by atoms with Gasteiger partial charge in [0.2, 0.25) is 5.91 Å². The molecule has 0 saturated heterocycles. The summed E-state index contributed by atoms with van der Waals surface area (Å²) in [5, 5.41) is 3.84. The number of nitrogens with two attached hydrogens (primary N) is 1. The summed E-state index contributed by atoms with van der Waals surface area (Å²) in [6, 6.07) is 7.90. The van der Waals surface area contributed by atoms with Gasteiger partial charge in [0, 0.05) is 15.8 Å². The minimum absolute atomic E-state index is 0. The number of nitrogens with one attached hydrogen (secondary N) is 1. The fourth-order valence-corrected chi connectivity index (χ4v) is 4.36. The molecule has 0 bridgehead atoms. The van der Waals surface area contributed by atoms with Crippen LogP contribution >= 0.6 is 40.1 Å². The Morgan fingerprint density at radius 2 is 2.04 bits per heavy atom. The first kappa shape index (κ1) is 20.8. The molecule has 1 saturated carbocycles. The summed E-state index contributed by atoms with van der Waals surface area (Å²) >= 11 is 5.41. The molecule has 1 fully saturated rings. The molecule has 1 aromatic rings. The summed E-state index contributed by atoms with van der Waals surface area (Å²) < 4.78 is 0.985. The average molecular weight is 422 g/mol. The summed E-state index contributed by atoms with van der Waals surface area (Å²) in [5.41, 5.74) is 6.15. The molecule has 0 aromatic heterocycles. The van der Waals surface area contributed by atoms with E-state index in [1.54, 1.807) is 6.92 Å². The van der Waals surface area contributed by atoms with Gasteiger partial charge >= 0.3 is 0 Å². The Labute approximate surface area is 158 Å². The first-order valence-corrected chi connectivity index (χ1v) is 9.75. The number of carbonyl (C=O) groups is 1. The van der Waals surface area contributed by atoms with Crippen LogP contribution in [0.3, 0.4) is 0 Å². The highest BCUT2D eigenvalue weighted by molar-refractivity contribution is 9.10. The third kappa shape index (κ3) is 5.66. The molecule has 0 spiro atoms. The lowest BCUT2D eigenvalue weighted by molar-refractivity contribution is -0.127. The summed E-state index contributed by atoms with van der Waals surface area (Å²) in [6.45, 7) is 3.98. The zero-order chi connectivity index (χ0) is 16.2. The summed E-state index contributed by atoms with van der Waals surface area (Å²) in [6.07, 6.45) is 4.56. The van der Waals surface area contributed by atoms with Crippen LogP contribution in [-0.2, 0) is 10.3 Å². The van der Waals surface area contributed by atoms with E-state index in [0.29, 0.717) is 5.25 Å². The van der Waals surface area contributed by atoms with Crippen molar-refractivity contribution >= 4 is 46.0 Å². The maximum Gasteiger partial charge on any atom is 0.244 e. The molecule has 0 heterocycles. The Balaban J connectivity index is 0.00000264. The van der Waals surface area contributed by atoms with Gasteiger partial charge < -0.3 is 11.1 Å². The minimum atomic E-state index is -0.995. The van der Waals surface area contributed by atoms with Gasteiger partial charge in [-0.05, 0) is 49.6 Å². The SMILES string of the molecule is CCSC1CCCC(NC(=O)C(C)(N)c2ccc(Br)cc2)C1.Cl. The quantitative estimate of drug-likeness (QED) is 0.748. The maximum atomic E-state index is 12.6. The van der Waals surface area contributed by atoms with Gasteiger partial charge in [0.25, 0.3) is 0 Å². The largest absolute Gasteiger partial charge is 0.351 e. The van der Waals surface area contributed by atoms with E-state index >= 15 is 0 Å². The summed E-state index contributed by atoms with van der Waals surface area (Å²) in [4.78, 5) is 12.6. The highest BCUT2D eigenvalue weighted by Crippen LogP contribution is 2.29. The van der Waals surface area contributed by atoms with E-state index in [1.807, 2.05) is 36.0 Å². The normalized spacial score (nSPS) is 23.5. The topological polar surface area (TPSA) is 55.1 Å². The molecule has 3 atom stereocenters. The molecule has 1 aromatic carbocycles. The molecule has 0 radical (unpaired) electrons. The predicted molar refractivity (Wildman–Crippen MR) is 105 cm³/mol. The number of hydrogen-bond acceptors (Lipinski definition) is 3. The molecule has 6 heteroatoms. The fraction of sp³-hybridized carbons (Fsp3) is 0.588. The Kier molecular flexibility index (Phi) is 8.42. The molecular weight excluding hydrogens is 396 g/mol. The van der Waals surface area contributed by atoms with E-state index in [9.17, 15) is 4.79 Å². The van der Waals surface area contributed by atoms with Gasteiger partial charge in [-0.3, -0.25) is 4.79 Å². The molecule has 3 unspecified atom stereocenters. The molecule has 2 rings (SSSR count). The molecule has 1 aliphatic carbocycles. The van der Waals surface area contributed by atoms with Crippen LogP contribution in [0.4, 0.5) is 0 Å². The van der Waals surface area contributed by atoms with E-state index in [-0.39, 0.29) is 24.4 Å². The maximum absolute atomic E-state index is 12.6. The van der Waals surface area contributed by atoms with Crippen LogP contribution in [-0.4, -0.2) is 23.0 Å². The van der Waals surface area contributed by atoms with Crippen LogP contribution in [0.25, 0.3) is 0 Å². The van der Waals surface area contributed by atoms with Gasteiger partial charge in [0.15, 0.2) is 0 Å². The van der Waals surface area contributed by atoms with Crippen LogP contribution in [0.5, 0.6) is 0 Å². The van der Waals surface area contributed by atoms with Gasteiger partial charge in [0.05, 0.1) is 0 Å². The lowest BCUT2D eigenvalue weighted by Crippen LogP contribution is -2.52. The van der Waals surface area contributed by atoms with Gasteiger partial charge in [-0.25, -0.2) is 0 Å². The van der Waals surface area contributed by atoms with E-state index < -0.39 is 5.54 Å². The number of amides is 1. The Hall–Kier alpha value is -0.230. The molecule has 0 aliphatic heterocycles. The van der Waals surface area contributed by atoms with Crippen LogP contribution in [0, 0.1) is 0 Å². The van der Waals surface area contributed by atoms with Gasteiger partial charge in [0.1, 0.15) is 5.54 Å². The third-order valence-corrected chi connectivity index (χ3v) is 6.04. The lowest BCUT2D eigenvalue weighted by Gasteiger charge is -2.32. The highest BCUT2D eigenvalue weighted by atomic mass is 79.9. The van der Waals surface area contributed by atoms with Gasteiger partial charge in [-0.1, -0.05) is 41.4 Å². The van der Waals surface area contributed by atoms with Crippen molar-refractivity contribution in [2.75, 3.05) is 5.75 Å². The fourth-order valence-electron chi connectivity index (χ4n) is 2.93. The number of halogens is 2. The van der Waals surface area contributed by atoms with Crippen molar-refractivity contribution in [3.8, 4) is 0 Å². The Morgan fingerprint density at radius 1 is 1.39 bits per heavy atom. The molecule has 1 aliphatic rings. The number of rotatable bonds is 5. The summed E-state index contributed by atoms with van der Waals surface area (Å²) in [7, 11) is 0. The second kappa shape index (κ2) is 9.30. The lowest BCUT2D eigenvalue weighted by atomic mass is 9.90. The zero-order valence-corrected chi connectivity index (χ0v) is 16.9. The minimum Gasteiger partial charge on any atom is -0.351 e. The average Bonchev–Trinajstić information content (AvgIpc) is 2.48. The zero-order valence-electron chi connectivity index (χ0n) is 13.7. The first-order valence-electron chi connectivity index (χ1n) is 7.91.